The molecule has 11 rings (SSSR count). The van der Waals surface area contributed by atoms with E-state index in [1.165, 1.54) is 89.0 Å². The Balaban J connectivity index is 0.921. The molecule has 0 saturated carbocycles. The van der Waals surface area contributed by atoms with Crippen molar-refractivity contribution in [1.82, 2.24) is 9.80 Å². The number of allylic oxidation sites excluding steroid dienone is 14. The number of benzene rings is 1. The van der Waals surface area contributed by atoms with E-state index in [9.17, 15) is 0 Å². The van der Waals surface area contributed by atoms with E-state index in [1.807, 2.05) is 0 Å². The fraction of sp³-hybridized carbons (Fsp3) is 0.481. The minimum Gasteiger partial charge on any atom is -0.360 e. The molecule has 0 bridgehead atoms. The molecule has 2 nitrogen and oxygen atoms in total. The lowest BCUT2D eigenvalue weighted by Gasteiger charge is -2.44. The predicted octanol–water partition coefficient (Wildman–Crippen LogP) is 12.3. The maximum atomic E-state index is 3.09. The lowest BCUT2D eigenvalue weighted by molar-refractivity contribution is 0.0982. The van der Waals surface area contributed by atoms with Crippen LogP contribution in [0, 0.1) is 47.3 Å². The van der Waals surface area contributed by atoms with Crippen molar-refractivity contribution in [3.05, 3.63) is 162 Å². The Kier molecular flexibility index (Phi) is 9.54. The maximum absolute atomic E-state index is 3.09. The van der Waals surface area contributed by atoms with Gasteiger partial charge in [0.25, 0.3) is 0 Å². The van der Waals surface area contributed by atoms with Gasteiger partial charge in [0.05, 0.1) is 12.1 Å². The van der Waals surface area contributed by atoms with Gasteiger partial charge in [0.1, 0.15) is 0 Å². The summed E-state index contributed by atoms with van der Waals surface area (Å²) in [6.45, 7) is 0. The van der Waals surface area contributed by atoms with Gasteiger partial charge in [-0.15, -0.1) is 0 Å². The normalized spacial score (nSPS) is 41.0. The van der Waals surface area contributed by atoms with Crippen LogP contribution >= 0.6 is 0 Å². The average Bonchev–Trinajstić information content (AvgIpc) is 3.80. The van der Waals surface area contributed by atoms with Crippen molar-refractivity contribution in [1.29, 1.82) is 0 Å². The average molecular weight is 739 g/mol. The van der Waals surface area contributed by atoms with Gasteiger partial charge in [0, 0.05) is 47.5 Å². The molecule has 8 aliphatic carbocycles. The molecule has 0 aromatic heterocycles. The minimum atomic E-state index is 0.412. The van der Waals surface area contributed by atoms with Gasteiger partial charge in [-0.05, 0) is 129 Å². The summed E-state index contributed by atoms with van der Waals surface area (Å²) in [5, 5.41) is 0. The van der Waals surface area contributed by atoms with Crippen molar-refractivity contribution in [3.8, 4) is 0 Å². The van der Waals surface area contributed by atoms with Crippen LogP contribution < -0.4 is 0 Å². The highest BCUT2D eigenvalue weighted by Crippen LogP contribution is 2.54. The first-order valence-corrected chi connectivity index (χ1v) is 22.9. The number of fused-ring (bicyclic) bond motifs is 6. The van der Waals surface area contributed by atoms with Crippen LogP contribution in [0.3, 0.4) is 0 Å². The molecular weight excluding hydrogens is 677 g/mol. The van der Waals surface area contributed by atoms with Crippen molar-refractivity contribution in [2.24, 2.45) is 47.3 Å². The highest BCUT2D eigenvalue weighted by atomic mass is 15.3. The van der Waals surface area contributed by atoms with E-state index in [0.717, 1.165) is 0 Å². The van der Waals surface area contributed by atoms with Gasteiger partial charge in [-0.25, -0.2) is 0 Å². The van der Waals surface area contributed by atoms with Gasteiger partial charge in [-0.1, -0.05) is 140 Å². The van der Waals surface area contributed by atoms with Gasteiger partial charge in [-0.3, -0.25) is 4.90 Å². The van der Waals surface area contributed by atoms with E-state index >= 15 is 0 Å². The van der Waals surface area contributed by atoms with Crippen LogP contribution in [0.15, 0.2) is 157 Å². The molecule has 288 valence electrons. The minimum absolute atomic E-state index is 0.412. The zero-order chi connectivity index (χ0) is 37.0. The van der Waals surface area contributed by atoms with Gasteiger partial charge in [-0.2, -0.15) is 0 Å². The molecule has 56 heavy (non-hydrogen) atoms. The number of nitrogens with zero attached hydrogens (tertiary/aromatic N) is 2. The van der Waals surface area contributed by atoms with Crippen LogP contribution in [-0.4, -0.2) is 40.0 Å². The summed E-state index contributed by atoms with van der Waals surface area (Å²) in [6, 6.07) is 14.0. The first-order chi connectivity index (χ1) is 27.8. The highest BCUT2D eigenvalue weighted by molar-refractivity contribution is 5.66. The van der Waals surface area contributed by atoms with Crippen molar-refractivity contribution < 1.29 is 0 Å². The zero-order valence-electron chi connectivity index (χ0n) is 33.4. The van der Waals surface area contributed by atoms with Gasteiger partial charge < -0.3 is 4.90 Å². The topological polar surface area (TPSA) is 6.48 Å². The third kappa shape index (κ3) is 6.25. The van der Waals surface area contributed by atoms with Gasteiger partial charge in [0.2, 0.25) is 0 Å². The number of hydrogen-bond acceptors (Lipinski definition) is 2. The standard InChI is InChI=1S/C54H62N2/c1-4-15-37(16-5-1)40-27-30-44(31-28-40)55-51-25-12-11-22-48(51)50-36-41(29-32-53(50)55)46-23-14-24-49-47-21-10-13-26-52(47)56(54(46)49)45-34-42(38-17-6-2-7-18-38)33-43(35-45)39-19-8-3-9-20-39/h1-2,4-8,10-11,13-17,19,21-24,26-27,35-36,38-39,42-44,47-54H,3,9,12,18,20,25,28-34H2. The van der Waals surface area contributed by atoms with Crippen molar-refractivity contribution in [2.45, 2.75) is 114 Å². The molecule has 0 radical (unpaired) electrons. The molecule has 10 aliphatic rings. The second-order valence-electron chi connectivity index (χ2n) is 19.0. The van der Waals surface area contributed by atoms with E-state index in [2.05, 4.69) is 150 Å². The number of likely N-dealkylation sites (tertiary alicyclic amines) is 2. The Hall–Kier alpha value is -3.88. The molecule has 2 fully saturated rings. The summed E-state index contributed by atoms with van der Waals surface area (Å²) in [4.78, 5) is 6.10. The molecule has 2 aliphatic heterocycles. The second-order valence-corrected chi connectivity index (χ2v) is 19.0. The van der Waals surface area contributed by atoms with E-state index < -0.39 is 0 Å². The second kappa shape index (κ2) is 15.1. The van der Waals surface area contributed by atoms with E-state index in [0.29, 0.717) is 77.6 Å². The number of rotatable bonds is 6. The van der Waals surface area contributed by atoms with Crippen molar-refractivity contribution in [2.75, 3.05) is 0 Å². The Labute approximate surface area is 337 Å². The monoisotopic (exact) mass is 738 g/mol. The van der Waals surface area contributed by atoms with Crippen LogP contribution in [-0.2, 0) is 0 Å². The van der Waals surface area contributed by atoms with Gasteiger partial charge in [0.15, 0.2) is 0 Å². The first kappa shape index (κ1) is 35.3. The summed E-state index contributed by atoms with van der Waals surface area (Å²) in [5.41, 5.74) is 7.98. The Bertz CT molecular complexity index is 1990. The highest BCUT2D eigenvalue weighted by Gasteiger charge is 2.53. The van der Waals surface area contributed by atoms with E-state index in [1.54, 1.807) is 22.4 Å². The fourth-order valence-corrected chi connectivity index (χ4v) is 13.8. The third-order valence-electron chi connectivity index (χ3n) is 16.3. The molecule has 0 amide bonds. The molecule has 1 aromatic carbocycles. The van der Waals surface area contributed by atoms with Crippen LogP contribution in [0.1, 0.15) is 89.0 Å². The molecule has 2 heteroatoms. The quantitative estimate of drug-likeness (QED) is 0.268. The van der Waals surface area contributed by atoms with Crippen LogP contribution in [0.5, 0.6) is 0 Å². The molecule has 13 atom stereocenters. The van der Waals surface area contributed by atoms with Gasteiger partial charge >= 0.3 is 0 Å². The summed E-state index contributed by atoms with van der Waals surface area (Å²) in [6.07, 6.45) is 62.1. The number of hydrogen-bond donors (Lipinski definition) is 0. The molecule has 2 saturated heterocycles. The lowest BCUT2D eigenvalue weighted by Crippen LogP contribution is -2.47. The van der Waals surface area contributed by atoms with E-state index in [4.69, 9.17) is 0 Å². The maximum Gasteiger partial charge on any atom is 0.0617 e. The molecule has 1 aromatic rings. The Morgan fingerprint density at radius 2 is 1.45 bits per heavy atom. The van der Waals surface area contributed by atoms with Crippen LogP contribution in [0.2, 0.25) is 0 Å². The summed E-state index contributed by atoms with van der Waals surface area (Å²) in [5.74, 6) is 5.00. The van der Waals surface area contributed by atoms with Crippen LogP contribution in [0.25, 0.3) is 5.57 Å². The smallest absolute Gasteiger partial charge is 0.0617 e. The largest absolute Gasteiger partial charge is 0.360 e. The molecular formula is C54H62N2. The van der Waals surface area contributed by atoms with Crippen molar-refractivity contribution >= 4 is 5.57 Å². The SMILES string of the molecule is C1=CCC(C2CC(N3C4C=CC=CC4C4C=CC=C(C5=CC6C7C=CCCC7N(C7CC=C(c8ccccc8)CC7)C6CC5)C43)=CC(C3C=CCCC3)C2)C=C1. The Morgan fingerprint density at radius 1 is 0.589 bits per heavy atom. The van der Waals surface area contributed by atoms with Crippen molar-refractivity contribution in [3.63, 3.8) is 0 Å². The zero-order valence-corrected chi connectivity index (χ0v) is 33.4. The summed E-state index contributed by atoms with van der Waals surface area (Å²) >= 11 is 0. The fourth-order valence-electron chi connectivity index (χ4n) is 13.8. The molecule has 13 unspecified atom stereocenters. The predicted molar refractivity (Wildman–Crippen MR) is 233 cm³/mol. The molecule has 0 N–H and O–H groups in total. The molecule has 0 spiro atoms. The van der Waals surface area contributed by atoms with Crippen LogP contribution in [0.4, 0.5) is 0 Å². The lowest BCUT2D eigenvalue weighted by atomic mass is 9.69. The van der Waals surface area contributed by atoms with E-state index in [-0.39, 0.29) is 0 Å². The summed E-state index contributed by atoms with van der Waals surface area (Å²) < 4.78 is 0. The Morgan fingerprint density at radius 3 is 2.30 bits per heavy atom. The first-order valence-electron chi connectivity index (χ1n) is 22.9. The molecule has 2 heterocycles. The summed E-state index contributed by atoms with van der Waals surface area (Å²) in [7, 11) is 0. The third-order valence-corrected chi connectivity index (χ3v) is 16.3.